The van der Waals surface area contributed by atoms with Gasteiger partial charge in [0.05, 0.1) is 5.69 Å². The van der Waals surface area contributed by atoms with Crippen LogP contribution in [-0.2, 0) is 12.3 Å². The highest BCUT2D eigenvalue weighted by Crippen LogP contribution is 2.34. The Morgan fingerprint density at radius 2 is 2.11 bits per heavy atom. The molecule has 19 heavy (non-hydrogen) atoms. The van der Waals surface area contributed by atoms with E-state index in [0.29, 0.717) is 5.92 Å². The minimum atomic E-state index is 0.537. The van der Waals surface area contributed by atoms with Gasteiger partial charge in [-0.25, -0.2) is 4.98 Å². The second kappa shape index (κ2) is 7.65. The number of thioether (sulfide) groups is 1. The molecule has 0 spiro atoms. The van der Waals surface area contributed by atoms with E-state index in [1.807, 2.05) is 11.3 Å². The first kappa shape index (κ1) is 15.3. The van der Waals surface area contributed by atoms with E-state index in [1.165, 1.54) is 41.3 Å². The Labute approximate surface area is 125 Å². The summed E-state index contributed by atoms with van der Waals surface area (Å²) >= 11 is 4.04. The maximum absolute atomic E-state index is 4.88. The summed E-state index contributed by atoms with van der Waals surface area (Å²) < 4.78 is 0. The highest BCUT2D eigenvalue weighted by atomic mass is 32.2. The lowest BCUT2D eigenvalue weighted by Crippen LogP contribution is -2.12. The second-order valence-electron chi connectivity index (χ2n) is 5.57. The van der Waals surface area contributed by atoms with Crippen LogP contribution in [0.3, 0.4) is 0 Å². The van der Waals surface area contributed by atoms with Crippen molar-refractivity contribution in [3.05, 3.63) is 15.6 Å². The van der Waals surface area contributed by atoms with Crippen LogP contribution in [0.1, 0.15) is 68.0 Å². The Balaban J connectivity index is 1.95. The molecule has 1 aromatic heterocycles. The van der Waals surface area contributed by atoms with E-state index in [2.05, 4.69) is 37.8 Å². The molecule has 0 saturated heterocycles. The Morgan fingerprint density at radius 1 is 1.37 bits per heavy atom. The Kier molecular flexibility index (Phi) is 6.17. The van der Waals surface area contributed by atoms with Crippen LogP contribution in [0.15, 0.2) is 0 Å². The average molecular weight is 299 g/mol. The van der Waals surface area contributed by atoms with Gasteiger partial charge in [0.25, 0.3) is 0 Å². The standard InChI is InChI=1S/C15H26N2S2/c1-4-16-9-13-15(11(2)3)17-14(19-13)10-18-12-7-5-6-8-12/h11-12,16H,4-10H2,1-3H3. The van der Waals surface area contributed by atoms with Crippen molar-refractivity contribution in [1.29, 1.82) is 0 Å². The number of hydrogen-bond acceptors (Lipinski definition) is 4. The summed E-state index contributed by atoms with van der Waals surface area (Å²) in [7, 11) is 0. The summed E-state index contributed by atoms with van der Waals surface area (Å²) in [6.45, 7) is 8.67. The fraction of sp³-hybridized carbons (Fsp3) is 0.800. The largest absolute Gasteiger partial charge is 0.312 e. The van der Waals surface area contributed by atoms with Gasteiger partial charge in [0.2, 0.25) is 0 Å². The molecule has 0 amide bonds. The van der Waals surface area contributed by atoms with Crippen molar-refractivity contribution in [2.75, 3.05) is 6.54 Å². The summed E-state index contributed by atoms with van der Waals surface area (Å²) in [5, 5.41) is 5.65. The predicted octanol–water partition coefficient (Wildman–Crippen LogP) is 4.55. The van der Waals surface area contributed by atoms with E-state index in [9.17, 15) is 0 Å². The minimum absolute atomic E-state index is 0.537. The van der Waals surface area contributed by atoms with Crippen LogP contribution >= 0.6 is 23.1 Å². The van der Waals surface area contributed by atoms with E-state index in [4.69, 9.17) is 4.98 Å². The van der Waals surface area contributed by atoms with Gasteiger partial charge in [-0.1, -0.05) is 33.6 Å². The van der Waals surface area contributed by atoms with Gasteiger partial charge in [-0.2, -0.15) is 11.8 Å². The van der Waals surface area contributed by atoms with E-state index < -0.39 is 0 Å². The van der Waals surface area contributed by atoms with Gasteiger partial charge in [-0.15, -0.1) is 11.3 Å². The van der Waals surface area contributed by atoms with Crippen molar-refractivity contribution in [3.63, 3.8) is 0 Å². The summed E-state index contributed by atoms with van der Waals surface area (Å²) in [5.74, 6) is 1.65. The fourth-order valence-electron chi connectivity index (χ4n) is 2.54. The number of aromatic nitrogens is 1. The maximum atomic E-state index is 4.88. The van der Waals surface area contributed by atoms with Crippen molar-refractivity contribution in [3.8, 4) is 0 Å². The summed E-state index contributed by atoms with van der Waals surface area (Å²) in [6, 6.07) is 0. The first-order valence-electron chi connectivity index (χ1n) is 7.51. The molecule has 1 aromatic rings. The number of rotatable bonds is 7. The SMILES string of the molecule is CCNCc1sc(CSC2CCCC2)nc1C(C)C. The molecule has 0 unspecified atom stereocenters. The molecule has 2 rings (SSSR count). The van der Waals surface area contributed by atoms with Crippen LogP contribution in [0.2, 0.25) is 0 Å². The number of thiazole rings is 1. The third kappa shape index (κ3) is 4.47. The molecule has 1 fully saturated rings. The topological polar surface area (TPSA) is 24.9 Å². The van der Waals surface area contributed by atoms with Gasteiger partial charge >= 0.3 is 0 Å². The van der Waals surface area contributed by atoms with Gasteiger partial charge in [0.1, 0.15) is 5.01 Å². The van der Waals surface area contributed by atoms with Crippen LogP contribution in [0, 0.1) is 0 Å². The molecule has 0 atom stereocenters. The minimum Gasteiger partial charge on any atom is -0.312 e. The Bertz CT molecular complexity index is 381. The van der Waals surface area contributed by atoms with Crippen LogP contribution in [0.4, 0.5) is 0 Å². The zero-order valence-corrected chi connectivity index (χ0v) is 14.0. The van der Waals surface area contributed by atoms with Crippen molar-refractivity contribution in [1.82, 2.24) is 10.3 Å². The van der Waals surface area contributed by atoms with Crippen molar-refractivity contribution in [2.24, 2.45) is 0 Å². The van der Waals surface area contributed by atoms with Crippen LogP contribution in [0.25, 0.3) is 0 Å². The molecule has 1 aliphatic rings. The smallest absolute Gasteiger partial charge is 0.103 e. The van der Waals surface area contributed by atoms with E-state index >= 15 is 0 Å². The molecular formula is C15H26N2S2. The molecule has 0 aromatic carbocycles. The third-order valence-electron chi connectivity index (χ3n) is 3.60. The number of nitrogens with one attached hydrogen (secondary N) is 1. The lowest BCUT2D eigenvalue weighted by Gasteiger charge is -2.06. The zero-order chi connectivity index (χ0) is 13.7. The molecule has 1 aliphatic carbocycles. The molecule has 4 heteroatoms. The monoisotopic (exact) mass is 298 g/mol. The average Bonchev–Trinajstić information content (AvgIpc) is 3.03. The van der Waals surface area contributed by atoms with Crippen LogP contribution in [0.5, 0.6) is 0 Å². The molecular weight excluding hydrogens is 272 g/mol. The molecule has 1 heterocycles. The van der Waals surface area contributed by atoms with Crippen LogP contribution < -0.4 is 5.32 Å². The van der Waals surface area contributed by atoms with Crippen LogP contribution in [-0.4, -0.2) is 16.8 Å². The number of nitrogens with zero attached hydrogens (tertiary/aromatic N) is 1. The maximum Gasteiger partial charge on any atom is 0.103 e. The lowest BCUT2D eigenvalue weighted by molar-refractivity contribution is 0.713. The van der Waals surface area contributed by atoms with Gasteiger partial charge in [-0.3, -0.25) is 0 Å². The summed E-state index contributed by atoms with van der Waals surface area (Å²) in [5.41, 5.74) is 1.31. The van der Waals surface area contributed by atoms with E-state index in [-0.39, 0.29) is 0 Å². The van der Waals surface area contributed by atoms with E-state index in [0.717, 1.165) is 24.1 Å². The highest BCUT2D eigenvalue weighted by molar-refractivity contribution is 7.99. The molecule has 1 saturated carbocycles. The number of hydrogen-bond donors (Lipinski definition) is 1. The zero-order valence-electron chi connectivity index (χ0n) is 12.4. The Morgan fingerprint density at radius 3 is 2.74 bits per heavy atom. The molecule has 0 radical (unpaired) electrons. The molecule has 0 aliphatic heterocycles. The normalized spacial score (nSPS) is 16.6. The van der Waals surface area contributed by atoms with Crippen molar-refractivity contribution in [2.45, 2.75) is 69.9 Å². The summed E-state index contributed by atoms with van der Waals surface area (Å²) in [4.78, 5) is 6.32. The van der Waals surface area contributed by atoms with Gasteiger partial charge in [0, 0.05) is 22.4 Å². The molecule has 0 bridgehead atoms. The predicted molar refractivity (Wildman–Crippen MR) is 87.1 cm³/mol. The molecule has 1 N–H and O–H groups in total. The second-order valence-corrected chi connectivity index (χ2v) is 8.03. The van der Waals surface area contributed by atoms with Gasteiger partial charge < -0.3 is 5.32 Å². The molecule has 2 nitrogen and oxygen atoms in total. The van der Waals surface area contributed by atoms with Crippen molar-refractivity contribution >= 4 is 23.1 Å². The summed E-state index contributed by atoms with van der Waals surface area (Å²) in [6.07, 6.45) is 5.69. The van der Waals surface area contributed by atoms with Gasteiger partial charge in [-0.05, 0) is 25.3 Å². The quantitative estimate of drug-likeness (QED) is 0.799. The Hall–Kier alpha value is -0.0600. The van der Waals surface area contributed by atoms with E-state index in [1.54, 1.807) is 0 Å². The van der Waals surface area contributed by atoms with Gasteiger partial charge in [0.15, 0.2) is 0 Å². The van der Waals surface area contributed by atoms with Crippen molar-refractivity contribution < 1.29 is 0 Å². The highest BCUT2D eigenvalue weighted by Gasteiger charge is 2.18. The fourth-order valence-corrected chi connectivity index (χ4v) is 5.07. The lowest BCUT2D eigenvalue weighted by atomic mass is 10.1. The third-order valence-corrected chi connectivity index (χ3v) is 6.24. The first-order chi connectivity index (χ1) is 9.20. The first-order valence-corrected chi connectivity index (χ1v) is 9.38. The molecule has 108 valence electrons.